The number of amides is 1. The summed E-state index contributed by atoms with van der Waals surface area (Å²) in [6.45, 7) is 0. The highest BCUT2D eigenvalue weighted by Gasteiger charge is 2.22. The van der Waals surface area contributed by atoms with E-state index >= 15 is 0 Å². The van der Waals surface area contributed by atoms with E-state index in [2.05, 4.69) is 5.32 Å². The molecule has 0 bridgehead atoms. The average molecular weight is 273 g/mol. The maximum absolute atomic E-state index is 10.8. The van der Waals surface area contributed by atoms with E-state index in [1.165, 1.54) is 17.8 Å². The van der Waals surface area contributed by atoms with E-state index in [0.717, 1.165) is 20.9 Å². The van der Waals surface area contributed by atoms with Crippen LogP contribution in [0.4, 0.5) is 10.5 Å². The van der Waals surface area contributed by atoms with Crippen molar-refractivity contribution >= 4 is 23.5 Å². The van der Waals surface area contributed by atoms with E-state index in [0.29, 0.717) is 12.1 Å². The zero-order chi connectivity index (χ0) is 13.4. The Balaban J connectivity index is 2.10. The Bertz CT molecular complexity index is 670. The van der Waals surface area contributed by atoms with Crippen LogP contribution in [0.5, 0.6) is 5.75 Å². The Labute approximate surface area is 114 Å². The summed E-state index contributed by atoms with van der Waals surface area (Å²) in [5.74, 6) is 0.186. The van der Waals surface area contributed by atoms with Gasteiger partial charge in [0.15, 0.2) is 0 Å². The lowest BCUT2D eigenvalue weighted by Crippen LogP contribution is -2.11. The lowest BCUT2D eigenvalue weighted by Gasteiger charge is -2.22. The molecule has 0 aromatic heterocycles. The van der Waals surface area contributed by atoms with Gasteiger partial charge in [0.25, 0.3) is 0 Å². The standard InChI is InChI=1S/C14H11NO3S/c16-11-6-5-10(15-14(17)18)9-7-8-3-1-2-4-12(8)19-13(9)11/h1-6,15-16H,7H2,(H,17,18). The summed E-state index contributed by atoms with van der Waals surface area (Å²) in [5.41, 5.74) is 2.49. The number of hydrogen-bond donors (Lipinski definition) is 3. The molecule has 5 heteroatoms. The van der Waals surface area contributed by atoms with Gasteiger partial charge in [-0.15, -0.1) is 0 Å². The number of carbonyl (C=O) groups is 1. The first kappa shape index (κ1) is 11.9. The topological polar surface area (TPSA) is 69.6 Å². The second kappa shape index (κ2) is 4.51. The van der Waals surface area contributed by atoms with E-state index in [9.17, 15) is 9.90 Å². The van der Waals surface area contributed by atoms with Crippen LogP contribution in [0.3, 0.4) is 0 Å². The molecular weight excluding hydrogens is 262 g/mol. The highest BCUT2D eigenvalue weighted by molar-refractivity contribution is 7.99. The summed E-state index contributed by atoms with van der Waals surface area (Å²) in [7, 11) is 0. The Morgan fingerprint density at radius 2 is 2.00 bits per heavy atom. The molecule has 19 heavy (non-hydrogen) atoms. The lowest BCUT2D eigenvalue weighted by atomic mass is 10.0. The molecule has 0 unspecified atom stereocenters. The van der Waals surface area contributed by atoms with Crippen LogP contribution < -0.4 is 5.32 Å². The number of nitrogens with one attached hydrogen (secondary N) is 1. The molecule has 0 spiro atoms. The predicted octanol–water partition coefficient (Wildman–Crippen LogP) is 3.54. The molecule has 4 nitrogen and oxygen atoms in total. The summed E-state index contributed by atoms with van der Waals surface area (Å²) in [6.07, 6.45) is -0.487. The molecule has 0 fully saturated rings. The van der Waals surface area contributed by atoms with Gasteiger partial charge in [-0.2, -0.15) is 0 Å². The van der Waals surface area contributed by atoms with E-state index in [1.54, 1.807) is 6.07 Å². The van der Waals surface area contributed by atoms with E-state index in [-0.39, 0.29) is 5.75 Å². The molecule has 2 aromatic rings. The molecule has 3 rings (SSSR count). The molecular formula is C14H11NO3S. The van der Waals surface area contributed by atoms with Crippen LogP contribution >= 0.6 is 11.8 Å². The van der Waals surface area contributed by atoms with Crippen LogP contribution in [-0.2, 0) is 6.42 Å². The van der Waals surface area contributed by atoms with Crippen molar-refractivity contribution < 1.29 is 15.0 Å². The molecule has 0 saturated carbocycles. The van der Waals surface area contributed by atoms with E-state index in [1.807, 2.05) is 24.3 Å². The maximum atomic E-state index is 10.8. The van der Waals surface area contributed by atoms with Crippen molar-refractivity contribution in [3.05, 3.63) is 47.5 Å². The highest BCUT2D eigenvalue weighted by Crippen LogP contribution is 2.46. The van der Waals surface area contributed by atoms with E-state index in [4.69, 9.17) is 5.11 Å². The SMILES string of the molecule is O=C(O)Nc1ccc(O)c2c1Cc1ccccc1S2. The van der Waals surface area contributed by atoms with E-state index < -0.39 is 6.09 Å². The number of rotatable bonds is 1. The molecule has 0 radical (unpaired) electrons. The number of aromatic hydroxyl groups is 1. The molecule has 1 aliphatic rings. The summed E-state index contributed by atoms with van der Waals surface area (Å²) in [4.78, 5) is 12.6. The lowest BCUT2D eigenvalue weighted by molar-refractivity contribution is 0.209. The summed E-state index contributed by atoms with van der Waals surface area (Å²) < 4.78 is 0. The van der Waals surface area contributed by atoms with Crippen LogP contribution in [0, 0.1) is 0 Å². The van der Waals surface area contributed by atoms with Crippen LogP contribution in [-0.4, -0.2) is 16.3 Å². The largest absolute Gasteiger partial charge is 0.507 e. The second-order valence-electron chi connectivity index (χ2n) is 4.26. The van der Waals surface area contributed by atoms with Gasteiger partial charge >= 0.3 is 6.09 Å². The number of anilines is 1. The minimum Gasteiger partial charge on any atom is -0.507 e. The first-order valence-electron chi connectivity index (χ1n) is 5.75. The minimum absolute atomic E-state index is 0.186. The summed E-state index contributed by atoms with van der Waals surface area (Å²) in [6, 6.07) is 11.0. The normalized spacial score (nSPS) is 12.4. The van der Waals surface area contributed by atoms with Gasteiger partial charge < -0.3 is 10.2 Å². The van der Waals surface area contributed by atoms with Gasteiger partial charge in [0.2, 0.25) is 0 Å². The summed E-state index contributed by atoms with van der Waals surface area (Å²) in [5, 5.41) is 21.2. The van der Waals surface area contributed by atoms with Gasteiger partial charge in [-0.25, -0.2) is 4.79 Å². The van der Waals surface area contributed by atoms with Crippen LogP contribution in [0.1, 0.15) is 11.1 Å². The second-order valence-corrected chi connectivity index (χ2v) is 5.31. The molecule has 2 aromatic carbocycles. The molecule has 0 atom stereocenters. The van der Waals surface area contributed by atoms with Crippen molar-refractivity contribution in [1.82, 2.24) is 0 Å². The first-order valence-corrected chi connectivity index (χ1v) is 6.57. The Morgan fingerprint density at radius 3 is 2.79 bits per heavy atom. The van der Waals surface area contributed by atoms with Crippen molar-refractivity contribution in [1.29, 1.82) is 0 Å². The van der Waals surface area contributed by atoms with Crippen molar-refractivity contribution in [2.24, 2.45) is 0 Å². The zero-order valence-electron chi connectivity index (χ0n) is 9.88. The van der Waals surface area contributed by atoms with Gasteiger partial charge in [-0.1, -0.05) is 30.0 Å². The third kappa shape index (κ3) is 2.13. The molecule has 96 valence electrons. The maximum Gasteiger partial charge on any atom is 0.409 e. The third-order valence-electron chi connectivity index (χ3n) is 3.03. The van der Waals surface area contributed by atoms with Crippen molar-refractivity contribution in [3.63, 3.8) is 0 Å². The Morgan fingerprint density at radius 1 is 1.21 bits per heavy atom. The Hall–Kier alpha value is -2.14. The fraction of sp³-hybridized carbons (Fsp3) is 0.0714. The number of hydrogen-bond acceptors (Lipinski definition) is 3. The van der Waals surface area contributed by atoms with Crippen LogP contribution in [0.15, 0.2) is 46.2 Å². The number of phenols is 1. The summed E-state index contributed by atoms with van der Waals surface area (Å²) >= 11 is 1.47. The van der Waals surface area contributed by atoms with Gasteiger partial charge in [0, 0.05) is 17.0 Å². The first-order chi connectivity index (χ1) is 9.15. The van der Waals surface area contributed by atoms with Crippen molar-refractivity contribution in [2.75, 3.05) is 5.32 Å². The van der Waals surface area contributed by atoms with Gasteiger partial charge in [0.1, 0.15) is 5.75 Å². The molecule has 0 saturated heterocycles. The fourth-order valence-corrected chi connectivity index (χ4v) is 3.30. The third-order valence-corrected chi connectivity index (χ3v) is 4.31. The highest BCUT2D eigenvalue weighted by atomic mass is 32.2. The quantitative estimate of drug-likeness (QED) is 0.593. The van der Waals surface area contributed by atoms with Gasteiger partial charge in [-0.3, -0.25) is 5.32 Å². The smallest absolute Gasteiger partial charge is 0.409 e. The number of benzene rings is 2. The van der Waals surface area contributed by atoms with Gasteiger partial charge in [-0.05, 0) is 29.3 Å². The molecule has 1 heterocycles. The van der Waals surface area contributed by atoms with Crippen LogP contribution in [0.2, 0.25) is 0 Å². The monoisotopic (exact) mass is 273 g/mol. The number of fused-ring (bicyclic) bond motifs is 2. The minimum atomic E-state index is -1.10. The van der Waals surface area contributed by atoms with Crippen molar-refractivity contribution in [2.45, 2.75) is 16.2 Å². The molecule has 1 amide bonds. The zero-order valence-corrected chi connectivity index (χ0v) is 10.7. The molecule has 3 N–H and O–H groups in total. The average Bonchev–Trinajstić information content (AvgIpc) is 2.40. The number of phenolic OH excluding ortho intramolecular Hbond substituents is 1. The molecule has 0 aliphatic carbocycles. The van der Waals surface area contributed by atoms with Gasteiger partial charge in [0.05, 0.1) is 4.90 Å². The fourth-order valence-electron chi connectivity index (χ4n) is 2.19. The van der Waals surface area contributed by atoms with Crippen molar-refractivity contribution in [3.8, 4) is 5.75 Å². The molecule has 1 aliphatic heterocycles. The predicted molar refractivity (Wildman–Crippen MR) is 73.1 cm³/mol. The number of carboxylic acid groups (broad SMARTS) is 1. The Kier molecular flexibility index (Phi) is 2.83. The van der Waals surface area contributed by atoms with Crippen LogP contribution in [0.25, 0.3) is 0 Å².